The number of rotatable bonds is 7. The molecule has 4 nitrogen and oxygen atoms in total. The lowest BCUT2D eigenvalue weighted by molar-refractivity contribution is -0.163. The Balaban J connectivity index is 2.16. The normalized spacial score (nSPS) is 13.6. The molecule has 0 radical (unpaired) electrons. The smallest absolute Gasteiger partial charge is 0.309 e. The summed E-state index contributed by atoms with van der Waals surface area (Å²) in [5.41, 5.74) is 0.816. The molecule has 0 saturated carbocycles. The fourth-order valence-corrected chi connectivity index (χ4v) is 3.16. The molecule has 6 heteroatoms. The van der Waals surface area contributed by atoms with Gasteiger partial charge in [0.15, 0.2) is 0 Å². The maximum Gasteiger partial charge on any atom is 0.309 e. The van der Waals surface area contributed by atoms with Gasteiger partial charge in [-0.15, -0.1) is 0 Å². The Morgan fingerprint density at radius 1 is 0.867 bits per heavy atom. The van der Waals surface area contributed by atoms with Crippen LogP contribution < -0.4 is 0 Å². The summed E-state index contributed by atoms with van der Waals surface area (Å²) in [5, 5.41) is 0. The number of carbonyl (C=O) groups excluding carboxylic acids is 2. The van der Waals surface area contributed by atoms with Crippen LogP contribution in [-0.2, 0) is 19.1 Å². The molecule has 0 aliphatic rings. The number of ether oxygens (including phenoxy) is 2. The highest BCUT2D eigenvalue weighted by molar-refractivity contribution is 5.80. The van der Waals surface area contributed by atoms with E-state index in [1.807, 2.05) is 0 Å². The minimum atomic E-state index is -0.690. The minimum Gasteiger partial charge on any atom is -0.461 e. The Bertz CT molecular complexity index is 809. The van der Waals surface area contributed by atoms with Crippen molar-refractivity contribution in [2.45, 2.75) is 58.7 Å². The summed E-state index contributed by atoms with van der Waals surface area (Å²) >= 11 is 0. The van der Waals surface area contributed by atoms with Crippen LogP contribution in [0.2, 0.25) is 0 Å². The highest BCUT2D eigenvalue weighted by Gasteiger charge is 2.29. The maximum absolute atomic E-state index is 13.4. The zero-order valence-corrected chi connectivity index (χ0v) is 17.9. The summed E-state index contributed by atoms with van der Waals surface area (Å²) in [6.45, 7) is 8.59. The van der Waals surface area contributed by atoms with E-state index in [0.717, 1.165) is 11.1 Å². The third kappa shape index (κ3) is 6.94. The van der Waals surface area contributed by atoms with E-state index in [1.54, 1.807) is 58.9 Å². The van der Waals surface area contributed by atoms with Gasteiger partial charge in [0.2, 0.25) is 0 Å². The van der Waals surface area contributed by atoms with Gasteiger partial charge in [-0.3, -0.25) is 9.59 Å². The van der Waals surface area contributed by atoms with E-state index in [1.165, 1.54) is 24.3 Å². The minimum absolute atomic E-state index is 0.0966. The molecule has 0 fully saturated rings. The van der Waals surface area contributed by atoms with Crippen LogP contribution >= 0.6 is 0 Å². The van der Waals surface area contributed by atoms with Gasteiger partial charge in [-0.25, -0.2) is 8.78 Å². The second-order valence-corrected chi connectivity index (χ2v) is 8.41. The molecule has 0 amide bonds. The number of hydrogen-bond acceptors (Lipinski definition) is 4. The Hall–Kier alpha value is -2.76. The van der Waals surface area contributed by atoms with Gasteiger partial charge in [0.1, 0.15) is 23.3 Å². The topological polar surface area (TPSA) is 52.6 Å². The summed E-state index contributed by atoms with van der Waals surface area (Å²) < 4.78 is 37.7. The van der Waals surface area contributed by atoms with Crippen LogP contribution in [0, 0.1) is 17.6 Å². The monoisotopic (exact) mass is 418 g/mol. The van der Waals surface area contributed by atoms with Gasteiger partial charge in [0.05, 0.1) is 12.3 Å². The van der Waals surface area contributed by atoms with Gasteiger partial charge in [0.25, 0.3) is 0 Å². The Kier molecular flexibility index (Phi) is 7.71. The third-order valence-corrected chi connectivity index (χ3v) is 4.52. The summed E-state index contributed by atoms with van der Waals surface area (Å²) in [6, 6.07) is 11.7. The molecule has 162 valence electrons. The fourth-order valence-electron chi connectivity index (χ4n) is 3.16. The van der Waals surface area contributed by atoms with Crippen molar-refractivity contribution in [2.24, 2.45) is 5.92 Å². The summed E-state index contributed by atoms with van der Waals surface area (Å²) in [5.74, 6) is -2.90. The van der Waals surface area contributed by atoms with Crippen LogP contribution in [0.4, 0.5) is 8.78 Å². The van der Waals surface area contributed by atoms with Crippen LogP contribution in [0.15, 0.2) is 48.5 Å². The van der Waals surface area contributed by atoms with Gasteiger partial charge in [-0.1, -0.05) is 31.2 Å². The van der Waals surface area contributed by atoms with Crippen LogP contribution in [0.25, 0.3) is 0 Å². The molecule has 30 heavy (non-hydrogen) atoms. The van der Waals surface area contributed by atoms with Crippen molar-refractivity contribution in [3.05, 3.63) is 71.3 Å². The zero-order chi connectivity index (χ0) is 22.5. The van der Waals surface area contributed by atoms with E-state index >= 15 is 0 Å². The quantitative estimate of drug-likeness (QED) is 0.565. The van der Waals surface area contributed by atoms with Gasteiger partial charge in [-0.2, -0.15) is 0 Å². The average Bonchev–Trinajstić information content (AvgIpc) is 2.63. The second-order valence-electron chi connectivity index (χ2n) is 8.41. The van der Waals surface area contributed by atoms with Gasteiger partial charge in [-0.05, 0) is 63.1 Å². The van der Waals surface area contributed by atoms with E-state index in [2.05, 4.69) is 0 Å². The van der Waals surface area contributed by atoms with Crippen LogP contribution in [0.1, 0.15) is 58.1 Å². The molecule has 0 saturated heterocycles. The molecule has 0 aromatic heterocycles. The molecule has 0 aliphatic carbocycles. The molecule has 0 unspecified atom stereocenters. The Morgan fingerprint density at radius 2 is 1.30 bits per heavy atom. The molecular formula is C24H28F2O4. The lowest BCUT2D eigenvalue weighted by Gasteiger charge is -2.26. The second kappa shape index (κ2) is 9.83. The molecule has 2 aromatic rings. The first-order valence-corrected chi connectivity index (χ1v) is 9.89. The van der Waals surface area contributed by atoms with Crippen molar-refractivity contribution < 1.29 is 27.8 Å². The summed E-state index contributed by atoms with van der Waals surface area (Å²) in [7, 11) is 0. The molecule has 0 bridgehead atoms. The number of esters is 2. The van der Waals surface area contributed by atoms with E-state index in [9.17, 15) is 18.4 Å². The first kappa shape index (κ1) is 23.5. The number of carbonyl (C=O) groups is 2. The highest BCUT2D eigenvalue weighted by Crippen LogP contribution is 2.31. The molecule has 2 atom stereocenters. The van der Waals surface area contributed by atoms with Crippen molar-refractivity contribution in [1.82, 2.24) is 0 Å². The summed E-state index contributed by atoms with van der Waals surface area (Å²) in [4.78, 5) is 24.6. The predicted octanol–water partition coefficient (Wildman–Crippen LogP) is 5.40. The van der Waals surface area contributed by atoms with Crippen LogP contribution in [0.3, 0.4) is 0 Å². The molecule has 2 aromatic carbocycles. The standard InChI is InChI=1S/C24H28F2O4/c1-15(14-21(27)30-24(3,4)5)23(28)29-16(2)22(17-6-10-19(25)11-7-17)18-8-12-20(26)13-9-18/h6-13,15-16,22H,14H2,1-5H3/t15-,16+/m1/s1. The number of benzene rings is 2. The lowest BCUT2D eigenvalue weighted by Crippen LogP contribution is -2.30. The molecular weight excluding hydrogens is 390 g/mol. The Labute approximate surface area is 176 Å². The van der Waals surface area contributed by atoms with Crippen LogP contribution in [-0.4, -0.2) is 23.6 Å². The van der Waals surface area contributed by atoms with E-state index in [4.69, 9.17) is 9.47 Å². The molecule has 0 N–H and O–H groups in total. The van der Waals surface area contributed by atoms with Gasteiger partial charge >= 0.3 is 11.9 Å². The van der Waals surface area contributed by atoms with Gasteiger partial charge in [0, 0.05) is 5.92 Å². The van der Waals surface area contributed by atoms with Gasteiger partial charge < -0.3 is 9.47 Å². The summed E-state index contributed by atoms with van der Waals surface area (Å²) in [6.07, 6.45) is -0.727. The molecule has 0 aliphatic heterocycles. The Morgan fingerprint density at radius 3 is 1.70 bits per heavy atom. The molecule has 0 heterocycles. The van der Waals surface area contributed by atoms with E-state index < -0.39 is 35.5 Å². The van der Waals surface area contributed by atoms with Crippen molar-refractivity contribution in [3.63, 3.8) is 0 Å². The van der Waals surface area contributed by atoms with Crippen molar-refractivity contribution >= 4 is 11.9 Å². The lowest BCUT2D eigenvalue weighted by atomic mass is 9.87. The fraction of sp³-hybridized carbons (Fsp3) is 0.417. The average molecular weight is 418 g/mol. The zero-order valence-electron chi connectivity index (χ0n) is 17.9. The largest absolute Gasteiger partial charge is 0.461 e. The highest BCUT2D eigenvalue weighted by atomic mass is 19.1. The predicted molar refractivity (Wildman–Crippen MR) is 110 cm³/mol. The first-order valence-electron chi connectivity index (χ1n) is 9.89. The van der Waals surface area contributed by atoms with Crippen molar-refractivity contribution in [2.75, 3.05) is 0 Å². The third-order valence-electron chi connectivity index (χ3n) is 4.52. The molecule has 2 rings (SSSR count). The van der Waals surface area contributed by atoms with E-state index in [0.29, 0.717) is 0 Å². The van der Waals surface area contributed by atoms with Crippen molar-refractivity contribution in [1.29, 1.82) is 0 Å². The number of halogens is 2. The van der Waals surface area contributed by atoms with E-state index in [-0.39, 0.29) is 18.1 Å². The maximum atomic E-state index is 13.4. The molecule has 0 spiro atoms. The van der Waals surface area contributed by atoms with Crippen LogP contribution in [0.5, 0.6) is 0 Å². The SMILES string of the molecule is C[C@H](CC(=O)OC(C)(C)C)C(=O)O[C@@H](C)C(c1ccc(F)cc1)c1ccc(F)cc1. The first-order chi connectivity index (χ1) is 14.0. The van der Waals surface area contributed by atoms with Crippen molar-refractivity contribution in [3.8, 4) is 0 Å². The number of hydrogen-bond donors (Lipinski definition) is 0.